The summed E-state index contributed by atoms with van der Waals surface area (Å²) in [6.07, 6.45) is 1.15. The molecule has 2 aromatic carbocycles. The molecule has 2 N–H and O–H groups in total. The molecule has 148 valence electrons. The molecule has 0 saturated heterocycles. The van der Waals surface area contributed by atoms with E-state index in [9.17, 15) is 14.4 Å². The molecule has 0 saturated carbocycles. The van der Waals surface area contributed by atoms with Crippen molar-refractivity contribution in [1.29, 1.82) is 0 Å². The second-order valence-electron chi connectivity index (χ2n) is 6.69. The summed E-state index contributed by atoms with van der Waals surface area (Å²) in [6, 6.07) is 14.3. The van der Waals surface area contributed by atoms with E-state index in [-0.39, 0.29) is 24.9 Å². The Labute approximate surface area is 165 Å². The minimum Gasteiger partial charge on any atom is -0.454 e. The van der Waals surface area contributed by atoms with Crippen LogP contribution in [0.1, 0.15) is 34.5 Å². The minimum absolute atomic E-state index is 0.000164. The Morgan fingerprint density at radius 2 is 1.90 bits per heavy atom. The number of fused-ring (bicyclic) bond motifs is 1. The highest BCUT2D eigenvalue weighted by molar-refractivity contribution is 5.93. The molecule has 4 rings (SSSR count). The lowest BCUT2D eigenvalue weighted by atomic mass is 10.1. The van der Waals surface area contributed by atoms with Gasteiger partial charge in [0.2, 0.25) is 6.79 Å². The summed E-state index contributed by atoms with van der Waals surface area (Å²) in [6.45, 7) is 1.96. The molecule has 29 heavy (non-hydrogen) atoms. The van der Waals surface area contributed by atoms with Crippen molar-refractivity contribution < 1.29 is 14.3 Å². The molecule has 1 aliphatic heterocycles. The number of nitrogens with one attached hydrogen (secondary N) is 2. The zero-order valence-corrected chi connectivity index (χ0v) is 15.7. The summed E-state index contributed by atoms with van der Waals surface area (Å²) in [4.78, 5) is 40.1. The summed E-state index contributed by atoms with van der Waals surface area (Å²) < 4.78 is 11.6. The van der Waals surface area contributed by atoms with Crippen molar-refractivity contribution in [3.05, 3.63) is 92.3 Å². The Morgan fingerprint density at radius 3 is 2.69 bits per heavy atom. The Hall–Kier alpha value is -3.81. The van der Waals surface area contributed by atoms with Gasteiger partial charge in [-0.1, -0.05) is 36.4 Å². The van der Waals surface area contributed by atoms with Crippen molar-refractivity contribution in [3.63, 3.8) is 0 Å². The van der Waals surface area contributed by atoms with Gasteiger partial charge in [-0.2, -0.15) is 0 Å². The molecule has 0 radical (unpaired) electrons. The van der Waals surface area contributed by atoms with Crippen molar-refractivity contribution >= 4 is 5.91 Å². The van der Waals surface area contributed by atoms with Gasteiger partial charge in [0.05, 0.1) is 12.6 Å². The summed E-state index contributed by atoms with van der Waals surface area (Å²) in [5, 5.41) is 2.79. The Morgan fingerprint density at radius 1 is 1.14 bits per heavy atom. The molecule has 1 aromatic heterocycles. The number of amides is 1. The van der Waals surface area contributed by atoms with Crippen LogP contribution in [0.2, 0.25) is 0 Å². The van der Waals surface area contributed by atoms with E-state index in [4.69, 9.17) is 9.47 Å². The van der Waals surface area contributed by atoms with Crippen molar-refractivity contribution in [2.24, 2.45) is 0 Å². The molecule has 0 fully saturated rings. The Bertz CT molecular complexity index is 1170. The monoisotopic (exact) mass is 393 g/mol. The Kier molecular flexibility index (Phi) is 4.90. The van der Waals surface area contributed by atoms with Crippen LogP contribution in [0.4, 0.5) is 0 Å². The molecule has 1 amide bonds. The molecule has 8 heteroatoms. The zero-order chi connectivity index (χ0) is 20.4. The molecule has 8 nitrogen and oxygen atoms in total. The molecule has 1 atom stereocenters. The van der Waals surface area contributed by atoms with E-state index < -0.39 is 17.2 Å². The Balaban J connectivity index is 1.59. The van der Waals surface area contributed by atoms with Crippen LogP contribution in [0.15, 0.2) is 64.3 Å². The number of ether oxygens (including phenoxy) is 2. The fraction of sp³-hybridized carbons (Fsp3) is 0.190. The SMILES string of the molecule is CC(NC(=O)c1c[nH]c(=O)n(Cc2ccc3c(c2)OCO3)c1=O)c1ccccc1. The number of carbonyl (C=O) groups is 1. The highest BCUT2D eigenvalue weighted by Crippen LogP contribution is 2.32. The largest absolute Gasteiger partial charge is 0.454 e. The van der Waals surface area contributed by atoms with Gasteiger partial charge in [-0.05, 0) is 30.2 Å². The molecular weight excluding hydrogens is 374 g/mol. The first-order valence-electron chi connectivity index (χ1n) is 9.10. The van der Waals surface area contributed by atoms with Crippen LogP contribution >= 0.6 is 0 Å². The molecule has 2 heterocycles. The van der Waals surface area contributed by atoms with E-state index in [1.165, 1.54) is 0 Å². The highest BCUT2D eigenvalue weighted by Gasteiger charge is 2.19. The van der Waals surface area contributed by atoms with Crippen LogP contribution < -0.4 is 26.0 Å². The number of nitrogens with zero attached hydrogens (tertiary/aromatic N) is 1. The normalized spacial score (nSPS) is 13.1. The summed E-state index contributed by atoms with van der Waals surface area (Å²) in [5.41, 5.74) is 0.195. The third kappa shape index (κ3) is 3.77. The van der Waals surface area contributed by atoms with Crippen LogP contribution in [0.25, 0.3) is 0 Å². The van der Waals surface area contributed by atoms with E-state index in [0.717, 1.165) is 16.3 Å². The van der Waals surface area contributed by atoms with Crippen molar-refractivity contribution in [2.45, 2.75) is 19.5 Å². The second-order valence-corrected chi connectivity index (χ2v) is 6.69. The third-order valence-electron chi connectivity index (χ3n) is 4.73. The maximum absolute atomic E-state index is 12.8. The van der Waals surface area contributed by atoms with Gasteiger partial charge in [-0.25, -0.2) is 4.79 Å². The predicted molar refractivity (Wildman–Crippen MR) is 105 cm³/mol. The van der Waals surface area contributed by atoms with Crippen LogP contribution in [0.3, 0.4) is 0 Å². The lowest BCUT2D eigenvalue weighted by molar-refractivity contribution is 0.0937. The summed E-state index contributed by atoms with van der Waals surface area (Å²) in [7, 11) is 0. The summed E-state index contributed by atoms with van der Waals surface area (Å²) in [5.74, 6) is 0.609. The van der Waals surface area contributed by atoms with Gasteiger partial charge in [0.25, 0.3) is 11.5 Å². The average Bonchev–Trinajstić information content (AvgIpc) is 3.19. The maximum Gasteiger partial charge on any atom is 0.328 e. The number of aromatic amines is 1. The van der Waals surface area contributed by atoms with Gasteiger partial charge in [-0.15, -0.1) is 0 Å². The van der Waals surface area contributed by atoms with Gasteiger partial charge >= 0.3 is 5.69 Å². The van der Waals surface area contributed by atoms with E-state index in [0.29, 0.717) is 17.1 Å². The topological polar surface area (TPSA) is 102 Å². The van der Waals surface area contributed by atoms with Crippen molar-refractivity contribution in [3.8, 4) is 11.5 Å². The number of aromatic nitrogens is 2. The maximum atomic E-state index is 12.8. The van der Waals surface area contributed by atoms with Gasteiger partial charge in [0.1, 0.15) is 5.56 Å². The number of carbonyl (C=O) groups excluding carboxylic acids is 1. The van der Waals surface area contributed by atoms with E-state index in [1.807, 2.05) is 37.3 Å². The van der Waals surface area contributed by atoms with E-state index in [2.05, 4.69) is 10.3 Å². The molecule has 1 unspecified atom stereocenters. The third-order valence-corrected chi connectivity index (χ3v) is 4.73. The minimum atomic E-state index is -0.663. The smallest absolute Gasteiger partial charge is 0.328 e. The summed E-state index contributed by atoms with van der Waals surface area (Å²) >= 11 is 0. The van der Waals surface area contributed by atoms with Crippen LogP contribution in [-0.2, 0) is 6.54 Å². The van der Waals surface area contributed by atoms with Crippen LogP contribution in [-0.4, -0.2) is 22.3 Å². The van der Waals surface area contributed by atoms with Gasteiger partial charge in [0.15, 0.2) is 11.5 Å². The molecular formula is C21H19N3O5. The fourth-order valence-electron chi connectivity index (χ4n) is 3.14. The first-order valence-corrected chi connectivity index (χ1v) is 9.10. The van der Waals surface area contributed by atoms with Gasteiger partial charge in [0, 0.05) is 6.20 Å². The van der Waals surface area contributed by atoms with Crippen molar-refractivity contribution in [2.75, 3.05) is 6.79 Å². The fourth-order valence-corrected chi connectivity index (χ4v) is 3.14. The number of H-pyrrole nitrogens is 1. The van der Waals surface area contributed by atoms with Gasteiger partial charge < -0.3 is 19.8 Å². The number of hydrogen-bond donors (Lipinski definition) is 2. The second kappa shape index (κ2) is 7.67. The first kappa shape index (κ1) is 18.5. The molecule has 1 aliphatic rings. The lowest BCUT2D eigenvalue weighted by Crippen LogP contribution is -2.41. The van der Waals surface area contributed by atoms with Crippen LogP contribution in [0.5, 0.6) is 11.5 Å². The van der Waals surface area contributed by atoms with Crippen molar-refractivity contribution in [1.82, 2.24) is 14.9 Å². The molecule has 0 spiro atoms. The number of benzene rings is 2. The number of hydrogen-bond acceptors (Lipinski definition) is 5. The average molecular weight is 393 g/mol. The van der Waals surface area contributed by atoms with Gasteiger partial charge in [-0.3, -0.25) is 14.2 Å². The van der Waals surface area contributed by atoms with Crippen LogP contribution in [0, 0.1) is 0 Å². The predicted octanol–water partition coefficient (Wildman–Crippen LogP) is 1.80. The quantitative estimate of drug-likeness (QED) is 0.688. The van der Waals surface area contributed by atoms with E-state index in [1.54, 1.807) is 18.2 Å². The molecule has 3 aromatic rings. The molecule has 0 bridgehead atoms. The first-order chi connectivity index (χ1) is 14.0. The van der Waals surface area contributed by atoms with E-state index >= 15 is 0 Å². The molecule has 0 aliphatic carbocycles. The standard InChI is InChI=1S/C21H19N3O5/c1-13(15-5-3-2-4-6-15)23-19(25)16-10-22-21(27)24(20(16)26)11-14-7-8-17-18(9-14)29-12-28-17/h2-10,13H,11-12H2,1H3,(H,22,27)(H,23,25). The zero-order valence-electron chi connectivity index (χ0n) is 15.7. The number of rotatable bonds is 5. The highest BCUT2D eigenvalue weighted by atomic mass is 16.7. The lowest BCUT2D eigenvalue weighted by Gasteiger charge is -2.14.